The second kappa shape index (κ2) is 5.98. The SMILES string of the molecule is COc1ccc(OCCCN2C[C@@]3(C(=O)O)C[C@@]3(C(=O)O)C2)cc1. The van der Waals surface area contributed by atoms with E-state index in [0.717, 1.165) is 11.5 Å². The van der Waals surface area contributed by atoms with Gasteiger partial charge in [-0.1, -0.05) is 0 Å². The van der Waals surface area contributed by atoms with Gasteiger partial charge in [-0.3, -0.25) is 9.59 Å². The van der Waals surface area contributed by atoms with Crippen molar-refractivity contribution in [3.05, 3.63) is 24.3 Å². The molecule has 1 heterocycles. The Morgan fingerprint density at radius 2 is 1.62 bits per heavy atom. The molecule has 1 aromatic rings. The quantitative estimate of drug-likeness (QED) is 0.692. The lowest BCUT2D eigenvalue weighted by atomic mass is 9.97. The molecule has 24 heavy (non-hydrogen) atoms. The number of carboxylic acids is 2. The van der Waals surface area contributed by atoms with Crippen molar-refractivity contribution in [3.8, 4) is 11.5 Å². The smallest absolute Gasteiger partial charge is 0.312 e. The minimum absolute atomic E-state index is 0.240. The number of piperidine rings is 1. The lowest BCUT2D eigenvalue weighted by Crippen LogP contribution is -2.30. The molecule has 2 aliphatic rings. The normalized spacial score (nSPS) is 28.2. The monoisotopic (exact) mass is 335 g/mol. The van der Waals surface area contributed by atoms with Gasteiger partial charge < -0.3 is 24.6 Å². The van der Waals surface area contributed by atoms with Crippen LogP contribution in [0.25, 0.3) is 0 Å². The molecule has 0 spiro atoms. The molecule has 1 aliphatic heterocycles. The summed E-state index contributed by atoms with van der Waals surface area (Å²) in [6.07, 6.45) is 0.945. The molecule has 7 heteroatoms. The van der Waals surface area contributed by atoms with Crippen LogP contribution in [0, 0.1) is 10.8 Å². The van der Waals surface area contributed by atoms with Crippen molar-refractivity contribution in [1.82, 2.24) is 4.90 Å². The van der Waals surface area contributed by atoms with Crippen molar-refractivity contribution in [1.29, 1.82) is 0 Å². The highest BCUT2D eigenvalue weighted by Crippen LogP contribution is 2.68. The van der Waals surface area contributed by atoms with Crippen LogP contribution in [-0.2, 0) is 9.59 Å². The Kier molecular flexibility index (Phi) is 4.13. The van der Waals surface area contributed by atoms with Gasteiger partial charge in [0.1, 0.15) is 11.5 Å². The zero-order chi connectivity index (χ0) is 17.4. The third kappa shape index (κ3) is 2.58. The van der Waals surface area contributed by atoms with Gasteiger partial charge in [-0.05, 0) is 37.1 Å². The first-order valence-corrected chi connectivity index (χ1v) is 7.89. The van der Waals surface area contributed by atoms with Crippen LogP contribution in [0.2, 0.25) is 0 Å². The molecular formula is C17H21NO6. The van der Waals surface area contributed by atoms with E-state index < -0.39 is 22.8 Å². The van der Waals surface area contributed by atoms with Crippen LogP contribution in [0.1, 0.15) is 12.8 Å². The highest BCUT2D eigenvalue weighted by molar-refractivity contribution is 5.94. The first-order chi connectivity index (χ1) is 11.4. The topological polar surface area (TPSA) is 96.3 Å². The number of fused-ring (bicyclic) bond motifs is 1. The minimum atomic E-state index is -1.10. The van der Waals surface area contributed by atoms with E-state index in [2.05, 4.69) is 0 Å². The number of carbonyl (C=O) groups is 2. The average molecular weight is 335 g/mol. The first kappa shape index (κ1) is 16.6. The van der Waals surface area contributed by atoms with Gasteiger partial charge in [0.05, 0.1) is 24.5 Å². The van der Waals surface area contributed by atoms with E-state index in [9.17, 15) is 19.8 Å². The van der Waals surface area contributed by atoms with Crippen LogP contribution in [0.5, 0.6) is 11.5 Å². The van der Waals surface area contributed by atoms with Crippen LogP contribution in [0.3, 0.4) is 0 Å². The van der Waals surface area contributed by atoms with Crippen LogP contribution in [0.15, 0.2) is 24.3 Å². The fraction of sp³-hybridized carbons (Fsp3) is 0.529. The Hall–Kier alpha value is -2.28. The summed E-state index contributed by atoms with van der Waals surface area (Å²) in [5, 5.41) is 18.8. The Balaban J connectivity index is 1.46. The number of carboxylic acid groups (broad SMARTS) is 2. The third-order valence-corrected chi connectivity index (χ3v) is 5.15. The standard InChI is InChI=1S/C17H21NO6/c1-23-12-3-5-13(6-4-12)24-8-2-7-18-10-16(14(19)20)9-17(16,11-18)15(21)22/h3-6H,2,7-11H2,1H3,(H,19,20)(H,21,22)/t16-,17+. The molecule has 0 aromatic heterocycles. The molecule has 2 atom stereocenters. The maximum absolute atomic E-state index is 11.5. The molecule has 7 nitrogen and oxygen atoms in total. The average Bonchev–Trinajstić information content (AvgIpc) is 3.11. The van der Waals surface area contributed by atoms with E-state index in [-0.39, 0.29) is 6.42 Å². The number of aliphatic carboxylic acids is 2. The fourth-order valence-corrected chi connectivity index (χ4v) is 3.71. The summed E-state index contributed by atoms with van der Waals surface area (Å²) in [6, 6.07) is 7.28. The Morgan fingerprint density at radius 3 is 2.12 bits per heavy atom. The van der Waals surface area contributed by atoms with E-state index in [1.54, 1.807) is 7.11 Å². The van der Waals surface area contributed by atoms with Gasteiger partial charge in [-0.2, -0.15) is 0 Å². The molecule has 1 saturated heterocycles. The maximum atomic E-state index is 11.5. The predicted octanol–water partition coefficient (Wildman–Crippen LogP) is 1.33. The van der Waals surface area contributed by atoms with Crippen molar-refractivity contribution in [2.45, 2.75) is 12.8 Å². The zero-order valence-corrected chi connectivity index (χ0v) is 13.5. The van der Waals surface area contributed by atoms with Gasteiger partial charge >= 0.3 is 11.9 Å². The van der Waals surface area contributed by atoms with E-state index in [4.69, 9.17) is 9.47 Å². The van der Waals surface area contributed by atoms with Gasteiger partial charge in [-0.25, -0.2) is 0 Å². The van der Waals surface area contributed by atoms with E-state index in [1.165, 1.54) is 0 Å². The van der Waals surface area contributed by atoms with Crippen LogP contribution in [0.4, 0.5) is 0 Å². The van der Waals surface area contributed by atoms with Gasteiger partial charge in [0, 0.05) is 19.6 Å². The number of rotatable bonds is 8. The van der Waals surface area contributed by atoms with E-state index in [0.29, 0.717) is 32.7 Å². The number of hydrogen-bond donors (Lipinski definition) is 2. The number of hydrogen-bond acceptors (Lipinski definition) is 5. The molecule has 0 amide bonds. The molecule has 2 N–H and O–H groups in total. The lowest BCUT2D eigenvalue weighted by Gasteiger charge is -2.19. The summed E-state index contributed by atoms with van der Waals surface area (Å²) in [4.78, 5) is 24.8. The van der Waals surface area contributed by atoms with Gasteiger partial charge in [0.25, 0.3) is 0 Å². The second-order valence-electron chi connectivity index (χ2n) is 6.54. The molecular weight excluding hydrogens is 314 g/mol. The summed E-state index contributed by atoms with van der Waals surface area (Å²) >= 11 is 0. The molecule has 0 radical (unpaired) electrons. The fourth-order valence-electron chi connectivity index (χ4n) is 3.71. The molecule has 0 bridgehead atoms. The Bertz CT molecular complexity index is 617. The summed E-state index contributed by atoms with van der Waals surface area (Å²) in [5.74, 6) is -0.496. The third-order valence-electron chi connectivity index (χ3n) is 5.15. The highest BCUT2D eigenvalue weighted by Gasteiger charge is 2.80. The molecule has 2 fully saturated rings. The largest absolute Gasteiger partial charge is 0.497 e. The highest BCUT2D eigenvalue weighted by atomic mass is 16.5. The Labute approximate surface area is 139 Å². The van der Waals surface area contributed by atoms with E-state index in [1.807, 2.05) is 29.2 Å². The van der Waals surface area contributed by atoms with Gasteiger partial charge in [0.15, 0.2) is 0 Å². The molecule has 0 unspecified atom stereocenters. The van der Waals surface area contributed by atoms with E-state index >= 15 is 0 Å². The summed E-state index contributed by atoms with van der Waals surface area (Å²) in [6.45, 7) is 1.72. The van der Waals surface area contributed by atoms with Crippen molar-refractivity contribution in [3.63, 3.8) is 0 Å². The number of methoxy groups -OCH3 is 1. The lowest BCUT2D eigenvalue weighted by molar-refractivity contribution is -0.151. The van der Waals surface area contributed by atoms with Crippen molar-refractivity contribution < 1.29 is 29.3 Å². The minimum Gasteiger partial charge on any atom is -0.497 e. The summed E-state index contributed by atoms with van der Waals surface area (Å²) in [5.41, 5.74) is -2.20. The number of benzene rings is 1. The zero-order valence-electron chi connectivity index (χ0n) is 13.5. The molecule has 1 saturated carbocycles. The van der Waals surface area contributed by atoms with Crippen LogP contribution in [-0.4, -0.2) is 60.4 Å². The number of nitrogens with zero attached hydrogens (tertiary/aromatic N) is 1. The van der Waals surface area contributed by atoms with Crippen LogP contribution < -0.4 is 9.47 Å². The Morgan fingerprint density at radius 1 is 1.08 bits per heavy atom. The number of likely N-dealkylation sites (tertiary alicyclic amines) is 1. The second-order valence-corrected chi connectivity index (χ2v) is 6.54. The number of ether oxygens (including phenoxy) is 2. The summed E-state index contributed by atoms with van der Waals surface area (Å²) in [7, 11) is 1.60. The van der Waals surface area contributed by atoms with Crippen molar-refractivity contribution in [2.75, 3.05) is 33.4 Å². The van der Waals surface area contributed by atoms with Gasteiger partial charge in [-0.15, -0.1) is 0 Å². The van der Waals surface area contributed by atoms with Crippen LogP contribution >= 0.6 is 0 Å². The van der Waals surface area contributed by atoms with Crippen molar-refractivity contribution in [2.24, 2.45) is 10.8 Å². The van der Waals surface area contributed by atoms with Gasteiger partial charge in [0.2, 0.25) is 0 Å². The molecule has 3 rings (SSSR count). The maximum Gasteiger partial charge on any atom is 0.312 e. The molecule has 1 aromatic carbocycles. The predicted molar refractivity (Wildman–Crippen MR) is 84.3 cm³/mol. The summed E-state index contributed by atoms with van der Waals surface area (Å²) < 4.78 is 10.7. The molecule has 1 aliphatic carbocycles. The van der Waals surface area contributed by atoms with Crippen molar-refractivity contribution >= 4 is 11.9 Å². The first-order valence-electron chi connectivity index (χ1n) is 7.89. The molecule has 130 valence electrons.